The fraction of sp³-hybridized carbons (Fsp3) is 0.632. The Kier molecular flexibility index (Phi) is 3.28. The van der Waals surface area contributed by atoms with Crippen molar-refractivity contribution in [2.75, 3.05) is 0 Å². The van der Waals surface area contributed by atoms with E-state index in [0.717, 1.165) is 17.8 Å². The predicted molar refractivity (Wildman–Crippen MR) is 81.9 cm³/mol. The normalized spacial score (nSPS) is 37.2. The van der Waals surface area contributed by atoms with Gasteiger partial charge in [-0.25, -0.2) is 0 Å². The number of fused-ring (bicyclic) bond motifs is 2. The number of ether oxygens (including phenoxy) is 1. The third-order valence-corrected chi connectivity index (χ3v) is 6.13. The number of carbonyl (C=O) groups is 1. The van der Waals surface area contributed by atoms with Gasteiger partial charge in [0.25, 0.3) is 0 Å². The van der Waals surface area contributed by atoms with Crippen LogP contribution in [0.5, 0.6) is 5.75 Å². The van der Waals surface area contributed by atoms with Crippen LogP contribution in [0.4, 0.5) is 0 Å². The van der Waals surface area contributed by atoms with Crippen molar-refractivity contribution in [3.8, 4) is 5.75 Å². The first-order valence-electron chi connectivity index (χ1n) is 8.48. The van der Waals surface area contributed by atoms with Crippen LogP contribution in [0.25, 0.3) is 0 Å². The van der Waals surface area contributed by atoms with Crippen LogP contribution in [0, 0.1) is 23.2 Å². The Bertz CT molecular complexity index is 524. The number of rotatable bonds is 3. The van der Waals surface area contributed by atoms with Crippen LogP contribution in [0.3, 0.4) is 0 Å². The van der Waals surface area contributed by atoms with Crippen molar-refractivity contribution in [3.05, 3.63) is 30.3 Å². The Labute approximate surface area is 126 Å². The van der Waals surface area contributed by atoms with E-state index in [1.807, 2.05) is 30.3 Å². The lowest BCUT2D eigenvalue weighted by atomic mass is 9.66. The first-order chi connectivity index (χ1) is 10.2. The zero-order valence-electron chi connectivity index (χ0n) is 12.6. The topological polar surface area (TPSA) is 26.3 Å². The second kappa shape index (κ2) is 5.15. The van der Waals surface area contributed by atoms with Gasteiger partial charge in [0.05, 0.1) is 6.42 Å². The summed E-state index contributed by atoms with van der Waals surface area (Å²) in [5.74, 6) is 3.41. The van der Waals surface area contributed by atoms with Crippen LogP contribution in [0.2, 0.25) is 0 Å². The largest absolute Gasteiger partial charge is 0.427 e. The maximum absolute atomic E-state index is 12.4. The minimum atomic E-state index is -0.0269. The van der Waals surface area contributed by atoms with Gasteiger partial charge in [-0.1, -0.05) is 31.0 Å². The molecule has 0 aliphatic heterocycles. The molecule has 3 bridgehead atoms. The summed E-state index contributed by atoms with van der Waals surface area (Å²) in [4.78, 5) is 12.4. The molecule has 0 radical (unpaired) electrons. The summed E-state index contributed by atoms with van der Waals surface area (Å²) in [7, 11) is 0. The molecule has 0 aromatic heterocycles. The smallest absolute Gasteiger partial charge is 0.311 e. The number of carbonyl (C=O) groups excluding carboxylic acids is 1. The standard InChI is InChI=1S/C19H24O2/c20-18(21-17-6-2-1-3-7-17)13-19-8-4-5-15-9-14(11-19)10-16(15)12-19/h1-3,6-7,14-16H,4-5,8-13H2. The van der Waals surface area contributed by atoms with Gasteiger partial charge in [0.1, 0.15) is 5.75 Å². The average molecular weight is 284 g/mol. The van der Waals surface area contributed by atoms with E-state index < -0.39 is 0 Å². The Morgan fingerprint density at radius 3 is 2.81 bits per heavy atom. The zero-order valence-corrected chi connectivity index (χ0v) is 12.6. The maximum Gasteiger partial charge on any atom is 0.311 e. The summed E-state index contributed by atoms with van der Waals surface area (Å²) in [5.41, 5.74) is 0.255. The number of esters is 1. The monoisotopic (exact) mass is 284 g/mol. The van der Waals surface area contributed by atoms with Crippen molar-refractivity contribution < 1.29 is 9.53 Å². The summed E-state index contributed by atoms with van der Waals surface area (Å²) in [6, 6.07) is 9.50. The molecule has 4 atom stereocenters. The highest BCUT2D eigenvalue weighted by Crippen LogP contribution is 2.59. The molecule has 3 fully saturated rings. The molecule has 0 heterocycles. The molecule has 3 aliphatic rings. The number of hydrogen-bond donors (Lipinski definition) is 0. The van der Waals surface area contributed by atoms with Gasteiger partial charge in [-0.05, 0) is 67.4 Å². The Morgan fingerprint density at radius 1 is 1.14 bits per heavy atom. The highest BCUT2D eigenvalue weighted by molar-refractivity contribution is 5.73. The molecule has 4 rings (SSSR count). The van der Waals surface area contributed by atoms with E-state index in [1.54, 1.807) is 0 Å². The predicted octanol–water partition coefficient (Wildman–Crippen LogP) is 4.59. The molecule has 112 valence electrons. The molecular formula is C19H24O2. The molecule has 21 heavy (non-hydrogen) atoms. The van der Waals surface area contributed by atoms with E-state index in [4.69, 9.17) is 4.74 Å². The van der Waals surface area contributed by atoms with Crippen molar-refractivity contribution in [2.24, 2.45) is 23.2 Å². The summed E-state index contributed by atoms with van der Waals surface area (Å²) >= 11 is 0. The van der Waals surface area contributed by atoms with Crippen LogP contribution in [-0.4, -0.2) is 5.97 Å². The van der Waals surface area contributed by atoms with Crippen molar-refractivity contribution in [2.45, 2.75) is 51.4 Å². The second-order valence-corrected chi connectivity index (χ2v) is 7.62. The van der Waals surface area contributed by atoms with Gasteiger partial charge in [-0.15, -0.1) is 0 Å². The molecular weight excluding hydrogens is 260 g/mol. The van der Waals surface area contributed by atoms with Crippen LogP contribution >= 0.6 is 0 Å². The van der Waals surface area contributed by atoms with Crippen molar-refractivity contribution >= 4 is 5.97 Å². The third kappa shape index (κ3) is 2.61. The lowest BCUT2D eigenvalue weighted by Crippen LogP contribution is -2.32. The quantitative estimate of drug-likeness (QED) is 0.599. The van der Waals surface area contributed by atoms with Gasteiger partial charge < -0.3 is 4.74 Å². The SMILES string of the molecule is O=C(CC12CCCC3CC(CC3C1)C2)Oc1ccccc1. The molecule has 2 heteroatoms. The Hall–Kier alpha value is -1.31. The highest BCUT2D eigenvalue weighted by Gasteiger charge is 2.50. The average Bonchev–Trinajstić information content (AvgIpc) is 2.67. The van der Waals surface area contributed by atoms with Gasteiger partial charge in [0.15, 0.2) is 0 Å². The molecule has 3 aliphatic carbocycles. The molecule has 0 amide bonds. The van der Waals surface area contributed by atoms with E-state index in [2.05, 4.69) is 0 Å². The lowest BCUT2D eigenvalue weighted by molar-refractivity contribution is -0.138. The van der Waals surface area contributed by atoms with Crippen LogP contribution in [0.15, 0.2) is 30.3 Å². The molecule has 4 unspecified atom stereocenters. The zero-order chi connectivity index (χ0) is 14.3. The van der Waals surface area contributed by atoms with Crippen LogP contribution < -0.4 is 4.74 Å². The van der Waals surface area contributed by atoms with E-state index in [-0.39, 0.29) is 11.4 Å². The van der Waals surface area contributed by atoms with E-state index in [9.17, 15) is 4.79 Å². The number of hydrogen-bond acceptors (Lipinski definition) is 2. The summed E-state index contributed by atoms with van der Waals surface area (Å²) in [5, 5.41) is 0. The number of benzene rings is 1. The first-order valence-corrected chi connectivity index (χ1v) is 8.48. The fourth-order valence-corrected chi connectivity index (χ4v) is 5.50. The van der Waals surface area contributed by atoms with Gasteiger partial charge in [-0.2, -0.15) is 0 Å². The van der Waals surface area contributed by atoms with Gasteiger partial charge in [0, 0.05) is 0 Å². The van der Waals surface area contributed by atoms with E-state index in [1.165, 1.54) is 44.9 Å². The highest BCUT2D eigenvalue weighted by atomic mass is 16.5. The molecule has 1 aromatic carbocycles. The van der Waals surface area contributed by atoms with Gasteiger partial charge >= 0.3 is 5.97 Å². The molecule has 2 nitrogen and oxygen atoms in total. The molecule has 0 saturated heterocycles. The second-order valence-electron chi connectivity index (χ2n) is 7.62. The van der Waals surface area contributed by atoms with Gasteiger partial charge in [0.2, 0.25) is 0 Å². The first kappa shape index (κ1) is 13.4. The third-order valence-electron chi connectivity index (χ3n) is 6.13. The molecule has 0 spiro atoms. The summed E-state index contributed by atoms with van der Waals surface area (Å²) in [6.45, 7) is 0. The van der Waals surface area contributed by atoms with E-state index >= 15 is 0 Å². The lowest BCUT2D eigenvalue weighted by Gasteiger charge is -2.39. The van der Waals surface area contributed by atoms with Crippen molar-refractivity contribution in [1.82, 2.24) is 0 Å². The number of para-hydroxylation sites is 1. The summed E-state index contributed by atoms with van der Waals surface area (Å²) < 4.78 is 5.55. The van der Waals surface area contributed by atoms with Crippen molar-refractivity contribution in [1.29, 1.82) is 0 Å². The Morgan fingerprint density at radius 2 is 1.95 bits per heavy atom. The Balaban J connectivity index is 1.47. The van der Waals surface area contributed by atoms with Crippen molar-refractivity contribution in [3.63, 3.8) is 0 Å². The van der Waals surface area contributed by atoms with Crippen LogP contribution in [0.1, 0.15) is 51.4 Å². The molecule has 0 N–H and O–H groups in total. The molecule has 3 saturated carbocycles. The molecule has 1 aromatic rings. The fourth-order valence-electron chi connectivity index (χ4n) is 5.50. The minimum absolute atomic E-state index is 0.0269. The summed E-state index contributed by atoms with van der Waals surface area (Å²) in [6.07, 6.45) is 9.98. The van der Waals surface area contributed by atoms with E-state index in [0.29, 0.717) is 12.2 Å². The van der Waals surface area contributed by atoms with Crippen LogP contribution in [-0.2, 0) is 4.79 Å². The minimum Gasteiger partial charge on any atom is -0.427 e. The van der Waals surface area contributed by atoms with Gasteiger partial charge in [-0.3, -0.25) is 4.79 Å². The maximum atomic E-state index is 12.4.